The summed E-state index contributed by atoms with van der Waals surface area (Å²) in [6, 6.07) is 74.8. The van der Waals surface area contributed by atoms with E-state index in [9.17, 15) is 0 Å². The summed E-state index contributed by atoms with van der Waals surface area (Å²) in [6.45, 7) is 9.55. The Morgan fingerprint density at radius 2 is 0.738 bits per heavy atom. The van der Waals surface area contributed by atoms with E-state index in [4.69, 9.17) is 0 Å². The zero-order valence-electron chi connectivity index (χ0n) is 35.0. The van der Waals surface area contributed by atoms with E-state index in [1.807, 2.05) is 0 Å². The fraction of sp³-hybridized carbons (Fsp3) is 0.100. The van der Waals surface area contributed by atoms with Gasteiger partial charge in [-0.3, -0.25) is 0 Å². The van der Waals surface area contributed by atoms with Crippen LogP contribution in [0.1, 0.15) is 49.9 Å². The maximum atomic E-state index is 2.50. The van der Waals surface area contributed by atoms with Crippen molar-refractivity contribution in [2.45, 2.75) is 38.5 Å². The van der Waals surface area contributed by atoms with Gasteiger partial charge >= 0.3 is 0 Å². The molecule has 1 nitrogen and oxygen atoms in total. The fourth-order valence-corrected chi connectivity index (χ4v) is 11.0. The van der Waals surface area contributed by atoms with Gasteiger partial charge in [0.2, 0.25) is 0 Å². The van der Waals surface area contributed by atoms with Crippen molar-refractivity contribution in [1.29, 1.82) is 0 Å². The highest BCUT2D eigenvalue weighted by molar-refractivity contribution is 6.23. The molecule has 0 heterocycles. The van der Waals surface area contributed by atoms with E-state index in [1.54, 1.807) is 0 Å². The number of hydrogen-bond donors (Lipinski definition) is 0. The molecule has 0 bridgehead atoms. The van der Waals surface area contributed by atoms with E-state index in [0.717, 1.165) is 5.69 Å². The second-order valence-electron chi connectivity index (χ2n) is 18.1. The van der Waals surface area contributed by atoms with Crippen molar-refractivity contribution in [2.24, 2.45) is 0 Å². The third-order valence-electron chi connectivity index (χ3n) is 14.0. The van der Waals surface area contributed by atoms with Crippen LogP contribution < -0.4 is 4.90 Å². The molecule has 0 aromatic heterocycles. The van der Waals surface area contributed by atoms with Gasteiger partial charge < -0.3 is 4.90 Å². The molecule has 1 heteroatoms. The normalized spacial score (nSPS) is 14.2. The van der Waals surface area contributed by atoms with Gasteiger partial charge in [0.25, 0.3) is 0 Å². The Kier molecular flexibility index (Phi) is 7.69. The minimum Gasteiger partial charge on any atom is -0.310 e. The molecule has 61 heavy (non-hydrogen) atoms. The number of fused-ring (bicyclic) bond motifs is 9. The highest BCUT2D eigenvalue weighted by Gasteiger charge is 2.38. The number of nitrogens with zero attached hydrogens (tertiary/aromatic N) is 1. The van der Waals surface area contributed by atoms with Gasteiger partial charge in [0, 0.05) is 27.9 Å². The molecular formula is C60H45N. The first-order valence-electron chi connectivity index (χ1n) is 21.6. The van der Waals surface area contributed by atoms with Gasteiger partial charge in [-0.05, 0) is 142 Å². The molecule has 290 valence electrons. The predicted octanol–water partition coefficient (Wildman–Crippen LogP) is 16.6. The second-order valence-corrected chi connectivity index (χ2v) is 18.1. The van der Waals surface area contributed by atoms with Gasteiger partial charge in [-0.15, -0.1) is 0 Å². The van der Waals surface area contributed by atoms with Crippen LogP contribution in [0.3, 0.4) is 0 Å². The summed E-state index contributed by atoms with van der Waals surface area (Å²) in [5.74, 6) is 0. The number of anilines is 3. The molecule has 2 aliphatic carbocycles. The summed E-state index contributed by atoms with van der Waals surface area (Å²) < 4.78 is 0. The van der Waals surface area contributed by atoms with Gasteiger partial charge in [-0.2, -0.15) is 0 Å². The Hall–Kier alpha value is -7.22. The van der Waals surface area contributed by atoms with Crippen molar-refractivity contribution in [2.75, 3.05) is 4.90 Å². The van der Waals surface area contributed by atoms with Crippen molar-refractivity contribution in [3.63, 3.8) is 0 Å². The van der Waals surface area contributed by atoms with E-state index < -0.39 is 0 Å². The topological polar surface area (TPSA) is 3.24 Å². The lowest BCUT2D eigenvalue weighted by molar-refractivity contribution is 0.660. The predicted molar refractivity (Wildman–Crippen MR) is 260 cm³/mol. The van der Waals surface area contributed by atoms with Crippen LogP contribution in [0.2, 0.25) is 0 Å². The van der Waals surface area contributed by atoms with Crippen molar-refractivity contribution >= 4 is 49.4 Å². The van der Waals surface area contributed by atoms with E-state index in [0.29, 0.717) is 0 Å². The zero-order chi connectivity index (χ0) is 41.0. The summed E-state index contributed by atoms with van der Waals surface area (Å²) in [7, 11) is 0. The maximum absolute atomic E-state index is 2.50. The van der Waals surface area contributed by atoms with Gasteiger partial charge in [0.05, 0.1) is 0 Å². The number of rotatable bonds is 5. The summed E-state index contributed by atoms with van der Waals surface area (Å²) in [5, 5.41) is 7.65. The molecular weight excluding hydrogens is 735 g/mol. The van der Waals surface area contributed by atoms with Crippen LogP contribution in [0.4, 0.5) is 17.1 Å². The third kappa shape index (κ3) is 5.20. The van der Waals surface area contributed by atoms with Crippen LogP contribution in [0, 0.1) is 0 Å². The van der Waals surface area contributed by atoms with Crippen molar-refractivity contribution in [3.8, 4) is 44.5 Å². The van der Waals surface area contributed by atoms with E-state index in [-0.39, 0.29) is 10.8 Å². The monoisotopic (exact) mass is 779 g/mol. The van der Waals surface area contributed by atoms with Gasteiger partial charge in [-0.25, -0.2) is 0 Å². The molecule has 0 atom stereocenters. The highest BCUT2D eigenvalue weighted by atomic mass is 15.1. The number of benzene rings is 10. The quantitative estimate of drug-likeness (QED) is 0.157. The molecule has 0 fully saturated rings. The average molecular weight is 780 g/mol. The van der Waals surface area contributed by atoms with Crippen LogP contribution in [-0.2, 0) is 10.8 Å². The van der Waals surface area contributed by atoms with Gasteiger partial charge in [-0.1, -0.05) is 185 Å². The van der Waals surface area contributed by atoms with Crippen LogP contribution in [0.15, 0.2) is 200 Å². The Bertz CT molecular complexity index is 3360. The summed E-state index contributed by atoms with van der Waals surface area (Å²) >= 11 is 0. The Balaban J connectivity index is 1.00. The first-order chi connectivity index (χ1) is 29.8. The molecule has 0 unspecified atom stereocenters. The molecule has 0 spiro atoms. The standard InChI is InChI=1S/C60H45N/c1-59(2)53-28-15-14-22-44(53)46-33-30-41(36-55(46)59)61(40-19-6-5-7-20-40)42-31-34-47-45-32-29-39(35-54(45)60(3,4)56(47)37-42)57-49-23-10-12-25-51(49)58(52-26-13-11-24-50(52)57)48-27-16-18-38-17-8-9-21-43(38)48/h5-37H,1-4H3. The Labute approximate surface area is 358 Å². The molecule has 12 rings (SSSR count). The fourth-order valence-electron chi connectivity index (χ4n) is 11.0. The van der Waals surface area contributed by atoms with Gasteiger partial charge in [0.1, 0.15) is 0 Å². The minimum atomic E-state index is -0.227. The van der Waals surface area contributed by atoms with Crippen LogP contribution >= 0.6 is 0 Å². The van der Waals surface area contributed by atoms with Crippen molar-refractivity contribution < 1.29 is 0 Å². The van der Waals surface area contributed by atoms with Crippen molar-refractivity contribution in [1.82, 2.24) is 0 Å². The van der Waals surface area contributed by atoms with Crippen LogP contribution in [-0.4, -0.2) is 0 Å². The third-order valence-corrected chi connectivity index (χ3v) is 14.0. The SMILES string of the molecule is CC1(C)c2ccccc2-c2ccc(N(c3ccccc3)c3ccc4c(c3)C(C)(C)c3cc(-c5c6ccccc6c(-c6cccc7ccccc67)c6ccccc56)ccc3-4)cc21. The molecule has 0 saturated carbocycles. The Morgan fingerprint density at radius 3 is 1.38 bits per heavy atom. The summed E-state index contributed by atoms with van der Waals surface area (Å²) in [5.41, 5.74) is 19.1. The number of para-hydroxylation sites is 1. The van der Waals surface area contributed by atoms with Crippen molar-refractivity contribution in [3.05, 3.63) is 222 Å². The smallest absolute Gasteiger partial charge is 0.0465 e. The molecule has 0 N–H and O–H groups in total. The lowest BCUT2D eigenvalue weighted by Gasteiger charge is -2.29. The largest absolute Gasteiger partial charge is 0.310 e. The van der Waals surface area contributed by atoms with Gasteiger partial charge in [0.15, 0.2) is 0 Å². The first kappa shape index (κ1) is 35.7. The highest BCUT2D eigenvalue weighted by Crippen LogP contribution is 2.54. The van der Waals surface area contributed by atoms with E-state index in [2.05, 4.69) is 233 Å². The Morgan fingerprint density at radius 1 is 0.295 bits per heavy atom. The van der Waals surface area contributed by atoms with Crippen LogP contribution in [0.25, 0.3) is 76.8 Å². The number of hydrogen-bond acceptors (Lipinski definition) is 1. The molecule has 10 aromatic rings. The molecule has 2 aliphatic rings. The zero-order valence-corrected chi connectivity index (χ0v) is 35.0. The first-order valence-corrected chi connectivity index (χ1v) is 21.6. The van der Waals surface area contributed by atoms with E-state index >= 15 is 0 Å². The molecule has 0 saturated heterocycles. The average Bonchev–Trinajstić information content (AvgIpc) is 3.67. The molecule has 0 amide bonds. The summed E-state index contributed by atoms with van der Waals surface area (Å²) in [6.07, 6.45) is 0. The summed E-state index contributed by atoms with van der Waals surface area (Å²) in [4.78, 5) is 2.44. The lowest BCUT2D eigenvalue weighted by atomic mass is 9.80. The molecule has 10 aromatic carbocycles. The molecule has 0 aliphatic heterocycles. The van der Waals surface area contributed by atoms with E-state index in [1.165, 1.54) is 110 Å². The lowest BCUT2D eigenvalue weighted by Crippen LogP contribution is -2.18. The second kappa shape index (κ2) is 13.1. The molecule has 0 radical (unpaired) electrons. The van der Waals surface area contributed by atoms with Crippen LogP contribution in [0.5, 0.6) is 0 Å². The maximum Gasteiger partial charge on any atom is 0.0465 e. The minimum absolute atomic E-state index is 0.0868.